The molecule has 3 saturated carbocycles. The van der Waals surface area contributed by atoms with E-state index in [0.717, 1.165) is 57.8 Å². The molecule has 12 nitrogen and oxygen atoms in total. The lowest BCUT2D eigenvalue weighted by atomic mass is 9.43. The van der Waals surface area contributed by atoms with Crippen molar-refractivity contribution in [2.45, 2.75) is 142 Å². The largest absolute Gasteiger partial charge is 0.481 e. The third-order valence-electron chi connectivity index (χ3n) is 10.5. The number of nitro groups is 1. The summed E-state index contributed by atoms with van der Waals surface area (Å²) in [5.74, 6) is -0.0101. The molecule has 1 heterocycles. The van der Waals surface area contributed by atoms with Gasteiger partial charge in [0.05, 0.1) is 17.6 Å². The molecule has 0 aromatic carbocycles. The maximum absolute atomic E-state index is 13.8. The number of hydrogen-bond acceptors (Lipinski definition) is 8. The lowest BCUT2D eigenvalue weighted by Gasteiger charge is -2.64. The smallest absolute Gasteiger partial charge is 0.404 e. The molecule has 0 aromatic heterocycles. The molecule has 45 heavy (non-hydrogen) atoms. The van der Waals surface area contributed by atoms with E-state index in [2.05, 4.69) is 44.9 Å². The number of aliphatic hydroxyl groups is 1. The molecule has 4 fully saturated rings. The zero-order valence-corrected chi connectivity index (χ0v) is 28.2. The lowest BCUT2D eigenvalue weighted by Crippen LogP contribution is -2.65. The van der Waals surface area contributed by atoms with Gasteiger partial charge in [0.15, 0.2) is 5.03 Å². The number of nitrogens with zero attached hydrogens (tertiary/aromatic N) is 2. The summed E-state index contributed by atoms with van der Waals surface area (Å²) in [6.07, 6.45) is 11.1. The van der Waals surface area contributed by atoms with Gasteiger partial charge in [-0.1, -0.05) is 65.2 Å². The molecule has 5 N–H and O–H groups in total. The second-order valence-electron chi connectivity index (χ2n) is 14.7. The standard InChI is InChI=1S/C32H58BN5O7/c1-22(2)18-28(33-44-27-21-24-20-26(31(24,3)4)32(27,5)45-33)36-29(41)23(14-13-16-35-30(34)37-38(42)43)19-25(40)15-11-9-7-6-8-10-12-17-39/h22-24,26-28,39H,6-21H2,1-5H3,(H,36,41)(H3,34,35,37)/t23-,24-,26-,27-,28+,32+/m1/s1. The summed E-state index contributed by atoms with van der Waals surface area (Å²) in [6.45, 7) is 11.5. The Morgan fingerprint density at radius 2 is 1.76 bits per heavy atom. The van der Waals surface area contributed by atoms with Gasteiger partial charge in [-0.15, -0.1) is 0 Å². The quantitative estimate of drug-likeness (QED) is 0.0356. The van der Waals surface area contributed by atoms with Crippen molar-refractivity contribution in [3.05, 3.63) is 10.1 Å². The van der Waals surface area contributed by atoms with Gasteiger partial charge >= 0.3 is 7.12 Å². The van der Waals surface area contributed by atoms with Crippen LogP contribution in [-0.4, -0.2) is 65.7 Å². The number of aliphatic imine (C=N–C) groups is 1. The number of Topliss-reactive ketones (excluding diaryl/α,β-unsaturated/α-hetero) is 1. The minimum Gasteiger partial charge on any atom is -0.404 e. The van der Waals surface area contributed by atoms with Crippen LogP contribution in [-0.2, 0) is 18.9 Å². The molecule has 256 valence electrons. The number of carbonyl (C=O) groups excluding carboxylic acids is 2. The second kappa shape index (κ2) is 17.1. The van der Waals surface area contributed by atoms with Crippen LogP contribution >= 0.6 is 0 Å². The molecule has 0 radical (unpaired) electrons. The summed E-state index contributed by atoms with van der Waals surface area (Å²) in [5.41, 5.74) is 7.20. The van der Waals surface area contributed by atoms with Crippen LogP contribution in [0.1, 0.15) is 125 Å². The fourth-order valence-electron chi connectivity index (χ4n) is 7.80. The van der Waals surface area contributed by atoms with Gasteiger partial charge in [-0.3, -0.25) is 9.59 Å². The Hall–Kier alpha value is -2.25. The third kappa shape index (κ3) is 10.4. The maximum atomic E-state index is 13.8. The Bertz CT molecular complexity index is 1030. The molecule has 0 unspecified atom stereocenters. The predicted molar refractivity (Wildman–Crippen MR) is 174 cm³/mol. The van der Waals surface area contributed by atoms with Crippen LogP contribution in [0.5, 0.6) is 0 Å². The molecule has 0 aromatic rings. The van der Waals surface area contributed by atoms with Crippen LogP contribution in [0, 0.1) is 39.2 Å². The zero-order valence-electron chi connectivity index (χ0n) is 28.2. The Labute approximate surface area is 269 Å². The van der Waals surface area contributed by atoms with Crippen molar-refractivity contribution in [1.29, 1.82) is 0 Å². The molecule has 1 amide bonds. The summed E-state index contributed by atoms with van der Waals surface area (Å²) < 4.78 is 13.3. The first-order valence-electron chi connectivity index (χ1n) is 17.2. The Morgan fingerprint density at radius 3 is 2.38 bits per heavy atom. The topological polar surface area (TPSA) is 178 Å². The predicted octanol–water partition coefficient (Wildman–Crippen LogP) is 4.35. The van der Waals surface area contributed by atoms with Crippen molar-refractivity contribution in [2.24, 2.45) is 39.8 Å². The van der Waals surface area contributed by atoms with Crippen molar-refractivity contribution >= 4 is 24.8 Å². The molecule has 4 aliphatic rings. The summed E-state index contributed by atoms with van der Waals surface area (Å²) in [4.78, 5) is 41.4. The number of aliphatic hydroxyl groups excluding tert-OH is 1. The SMILES string of the molecule is CC(C)C[C@H](NC(=O)[C@H](CCCN=C(N)N[N+](=O)[O-])CC(=O)CCCCCCCCCO)B1O[C@@H]2C[C@H]3C[C@H](C3(C)C)[C@]2(C)O1. The van der Waals surface area contributed by atoms with Gasteiger partial charge in [0, 0.05) is 31.9 Å². The Kier molecular flexibility index (Phi) is 14.1. The zero-order chi connectivity index (χ0) is 33.2. The number of ketones is 1. The number of hydrogen-bond donors (Lipinski definition) is 4. The van der Waals surface area contributed by atoms with E-state index < -0.39 is 18.1 Å². The van der Waals surface area contributed by atoms with Crippen LogP contribution in [0.25, 0.3) is 0 Å². The molecule has 1 saturated heterocycles. The summed E-state index contributed by atoms with van der Waals surface area (Å²) in [5, 5.41) is 22.0. The highest BCUT2D eigenvalue weighted by atomic mass is 16.7. The maximum Gasteiger partial charge on any atom is 0.481 e. The number of nitrogens with one attached hydrogen (secondary N) is 2. The van der Waals surface area contributed by atoms with Crippen molar-refractivity contribution in [3.8, 4) is 0 Å². The minimum absolute atomic E-state index is 0.00832. The molecule has 6 atom stereocenters. The van der Waals surface area contributed by atoms with E-state index in [9.17, 15) is 19.7 Å². The van der Waals surface area contributed by atoms with Gasteiger partial charge in [0.1, 0.15) is 5.78 Å². The normalized spacial score (nSPS) is 26.6. The first kappa shape index (κ1) is 37.2. The molecule has 0 spiro atoms. The number of amides is 1. The van der Waals surface area contributed by atoms with E-state index in [1.807, 2.05) is 5.43 Å². The van der Waals surface area contributed by atoms with Crippen LogP contribution in [0.2, 0.25) is 0 Å². The summed E-state index contributed by atoms with van der Waals surface area (Å²) in [7, 11) is -0.548. The van der Waals surface area contributed by atoms with Gasteiger partial charge in [0.2, 0.25) is 5.91 Å². The van der Waals surface area contributed by atoms with E-state index in [1.54, 1.807) is 0 Å². The van der Waals surface area contributed by atoms with Crippen LogP contribution in [0.15, 0.2) is 4.99 Å². The first-order chi connectivity index (χ1) is 21.3. The monoisotopic (exact) mass is 635 g/mol. The van der Waals surface area contributed by atoms with Crippen molar-refractivity contribution in [1.82, 2.24) is 10.7 Å². The van der Waals surface area contributed by atoms with Gasteiger partial charge in [-0.05, 0) is 75.0 Å². The molecule has 3 aliphatic carbocycles. The molecular weight excluding hydrogens is 577 g/mol. The number of hydrazine groups is 1. The number of rotatable bonds is 21. The average molecular weight is 636 g/mol. The second-order valence-corrected chi connectivity index (χ2v) is 14.7. The first-order valence-corrected chi connectivity index (χ1v) is 17.2. The molecular formula is C32H58BN5O7. The third-order valence-corrected chi connectivity index (χ3v) is 10.5. The Balaban J connectivity index is 1.61. The van der Waals surface area contributed by atoms with Gasteiger partial charge in [0.25, 0.3) is 5.96 Å². The van der Waals surface area contributed by atoms with Gasteiger partial charge < -0.3 is 25.5 Å². The number of nitrogens with two attached hydrogens (primary N) is 1. The van der Waals surface area contributed by atoms with Crippen LogP contribution in [0.4, 0.5) is 0 Å². The van der Waals surface area contributed by atoms with Crippen molar-refractivity contribution in [3.63, 3.8) is 0 Å². The van der Waals surface area contributed by atoms with E-state index in [-0.39, 0.29) is 66.2 Å². The highest BCUT2D eigenvalue weighted by Gasteiger charge is 2.68. The van der Waals surface area contributed by atoms with E-state index in [1.165, 1.54) is 0 Å². The molecule has 2 bridgehead atoms. The Morgan fingerprint density at radius 1 is 1.09 bits per heavy atom. The van der Waals surface area contributed by atoms with Crippen molar-refractivity contribution < 1.29 is 29.0 Å². The summed E-state index contributed by atoms with van der Waals surface area (Å²) in [6, 6.07) is 0. The summed E-state index contributed by atoms with van der Waals surface area (Å²) >= 11 is 0. The van der Waals surface area contributed by atoms with Gasteiger partial charge in [-0.2, -0.15) is 0 Å². The van der Waals surface area contributed by atoms with Gasteiger partial charge in [-0.25, -0.2) is 15.1 Å². The lowest BCUT2D eigenvalue weighted by molar-refractivity contribution is -0.525. The van der Waals surface area contributed by atoms with Crippen molar-refractivity contribution in [2.75, 3.05) is 13.2 Å². The molecule has 4 rings (SSSR count). The highest BCUT2D eigenvalue weighted by Crippen LogP contribution is 2.65. The minimum atomic E-state index is -0.772. The highest BCUT2D eigenvalue weighted by molar-refractivity contribution is 6.47. The van der Waals surface area contributed by atoms with E-state index in [0.29, 0.717) is 37.5 Å². The molecule has 13 heteroatoms. The molecule has 1 aliphatic heterocycles. The number of unbranched alkanes of at least 4 members (excludes halogenated alkanes) is 6. The fourth-order valence-corrected chi connectivity index (χ4v) is 7.80. The van der Waals surface area contributed by atoms with Crippen LogP contribution in [0.3, 0.4) is 0 Å². The number of carbonyl (C=O) groups is 2. The van der Waals surface area contributed by atoms with Crippen LogP contribution < -0.4 is 16.5 Å². The fraction of sp³-hybridized carbons (Fsp3) is 0.906. The number of guanidine groups is 1. The average Bonchev–Trinajstić information content (AvgIpc) is 3.32. The van der Waals surface area contributed by atoms with E-state index >= 15 is 0 Å². The van der Waals surface area contributed by atoms with E-state index in [4.69, 9.17) is 20.1 Å².